The molecule has 1 amide bonds. The van der Waals surface area contributed by atoms with Gasteiger partial charge in [0, 0.05) is 37.3 Å². The topological polar surface area (TPSA) is 44.4 Å². The van der Waals surface area contributed by atoms with E-state index in [-0.39, 0.29) is 23.2 Å². The van der Waals surface area contributed by atoms with E-state index in [0.29, 0.717) is 5.56 Å². The van der Waals surface area contributed by atoms with Crippen LogP contribution in [-0.2, 0) is 6.42 Å². The fraction of sp³-hybridized carbons (Fsp3) is 0.381. The van der Waals surface area contributed by atoms with E-state index in [0.717, 1.165) is 28.9 Å². The Morgan fingerprint density at radius 3 is 2.67 bits per heavy atom. The number of hydrogen-bond donors (Lipinski definition) is 2. The SMILES string of the molecule is CSNC(=O)c1ccc2c(c1)CC(C)(C)C(c1cc(F)cc(N(C)C)c1)N2. The molecule has 0 radical (unpaired) electrons. The smallest absolute Gasteiger partial charge is 0.261 e. The zero-order valence-electron chi connectivity index (χ0n) is 16.4. The lowest BCUT2D eigenvalue weighted by Gasteiger charge is -2.41. The monoisotopic (exact) mass is 387 g/mol. The minimum atomic E-state index is -0.233. The summed E-state index contributed by atoms with van der Waals surface area (Å²) >= 11 is 1.29. The van der Waals surface area contributed by atoms with Gasteiger partial charge in [0.25, 0.3) is 5.91 Å². The predicted octanol–water partition coefficient (Wildman–Crippen LogP) is 4.64. The Morgan fingerprint density at radius 2 is 2.00 bits per heavy atom. The molecular formula is C21H26FN3OS. The van der Waals surface area contributed by atoms with E-state index in [4.69, 9.17) is 0 Å². The number of halogens is 1. The second kappa shape index (κ2) is 7.43. The van der Waals surface area contributed by atoms with Gasteiger partial charge in [-0.1, -0.05) is 25.8 Å². The van der Waals surface area contributed by atoms with Crippen LogP contribution in [0.2, 0.25) is 0 Å². The summed E-state index contributed by atoms with van der Waals surface area (Å²) in [4.78, 5) is 14.0. The summed E-state index contributed by atoms with van der Waals surface area (Å²) in [7, 11) is 3.82. The Balaban J connectivity index is 1.97. The molecule has 1 aliphatic heterocycles. The first kappa shape index (κ1) is 19.5. The van der Waals surface area contributed by atoms with Crippen LogP contribution in [0.25, 0.3) is 0 Å². The third-order valence-electron chi connectivity index (χ3n) is 5.04. The molecule has 1 heterocycles. The maximum absolute atomic E-state index is 14.2. The van der Waals surface area contributed by atoms with Crippen molar-refractivity contribution in [2.75, 3.05) is 30.6 Å². The quantitative estimate of drug-likeness (QED) is 0.751. The van der Waals surface area contributed by atoms with Crippen LogP contribution in [0.15, 0.2) is 36.4 Å². The Morgan fingerprint density at radius 1 is 1.26 bits per heavy atom. The molecule has 144 valence electrons. The molecule has 0 saturated carbocycles. The van der Waals surface area contributed by atoms with Crippen LogP contribution in [-0.4, -0.2) is 26.3 Å². The lowest BCUT2D eigenvalue weighted by atomic mass is 9.72. The van der Waals surface area contributed by atoms with Gasteiger partial charge < -0.3 is 10.2 Å². The van der Waals surface area contributed by atoms with Gasteiger partial charge in [-0.05, 0) is 59.4 Å². The van der Waals surface area contributed by atoms with Crippen LogP contribution < -0.4 is 14.9 Å². The normalized spacial score (nSPS) is 17.6. The van der Waals surface area contributed by atoms with E-state index in [1.165, 1.54) is 11.9 Å². The van der Waals surface area contributed by atoms with E-state index in [2.05, 4.69) is 23.9 Å². The van der Waals surface area contributed by atoms with E-state index in [1.807, 2.05) is 49.5 Å². The molecule has 2 aromatic rings. The number of carbonyl (C=O) groups is 1. The molecule has 0 bridgehead atoms. The van der Waals surface area contributed by atoms with Crippen molar-refractivity contribution < 1.29 is 9.18 Å². The molecule has 0 aliphatic carbocycles. The van der Waals surface area contributed by atoms with Crippen LogP contribution in [0.4, 0.5) is 15.8 Å². The van der Waals surface area contributed by atoms with Crippen molar-refractivity contribution in [2.45, 2.75) is 26.3 Å². The fourth-order valence-corrected chi connectivity index (χ4v) is 3.98. The lowest BCUT2D eigenvalue weighted by molar-refractivity contribution is 0.0984. The summed E-state index contributed by atoms with van der Waals surface area (Å²) < 4.78 is 17.0. The first-order valence-corrected chi connectivity index (χ1v) is 10.1. The van der Waals surface area contributed by atoms with Gasteiger partial charge in [0.15, 0.2) is 0 Å². The number of nitrogens with one attached hydrogen (secondary N) is 2. The van der Waals surface area contributed by atoms with Gasteiger partial charge in [-0.3, -0.25) is 9.52 Å². The molecule has 1 unspecified atom stereocenters. The van der Waals surface area contributed by atoms with E-state index < -0.39 is 0 Å². The molecule has 1 aliphatic rings. The first-order chi connectivity index (χ1) is 12.7. The number of fused-ring (bicyclic) bond motifs is 1. The summed E-state index contributed by atoms with van der Waals surface area (Å²) in [6, 6.07) is 10.9. The van der Waals surface area contributed by atoms with Crippen molar-refractivity contribution in [1.29, 1.82) is 0 Å². The molecule has 4 nitrogen and oxygen atoms in total. The average Bonchev–Trinajstić information content (AvgIpc) is 2.59. The van der Waals surface area contributed by atoms with Gasteiger partial charge >= 0.3 is 0 Å². The maximum atomic E-state index is 14.2. The second-order valence-electron chi connectivity index (χ2n) is 7.89. The van der Waals surface area contributed by atoms with E-state index in [1.54, 1.807) is 12.1 Å². The van der Waals surface area contributed by atoms with E-state index in [9.17, 15) is 9.18 Å². The zero-order chi connectivity index (χ0) is 19.8. The number of hydrogen-bond acceptors (Lipinski definition) is 4. The Labute approximate surface area is 164 Å². The molecule has 0 saturated heterocycles. The molecule has 2 aromatic carbocycles. The van der Waals surface area contributed by atoms with Gasteiger partial charge in [-0.25, -0.2) is 4.39 Å². The highest BCUT2D eigenvalue weighted by molar-refractivity contribution is 7.97. The molecule has 0 fully saturated rings. The van der Waals surface area contributed by atoms with Crippen molar-refractivity contribution in [3.05, 3.63) is 58.9 Å². The van der Waals surface area contributed by atoms with Crippen molar-refractivity contribution in [3.63, 3.8) is 0 Å². The Bertz CT molecular complexity index is 867. The van der Waals surface area contributed by atoms with Gasteiger partial charge in [0.2, 0.25) is 0 Å². The standard InChI is InChI=1S/C21H26FN3OS/c1-21(2)12-15-8-13(20(26)24-27-5)6-7-18(15)23-19(21)14-9-16(22)11-17(10-14)25(3)4/h6-11,19,23H,12H2,1-5H3,(H,24,26). The summed E-state index contributed by atoms with van der Waals surface area (Å²) in [5, 5.41) is 3.57. The number of amides is 1. The summed E-state index contributed by atoms with van der Waals surface area (Å²) in [6.45, 7) is 4.34. The average molecular weight is 388 g/mol. The molecular weight excluding hydrogens is 361 g/mol. The molecule has 1 atom stereocenters. The summed E-state index contributed by atoms with van der Waals surface area (Å²) in [5.74, 6) is -0.324. The third-order valence-corrected chi connectivity index (χ3v) is 5.43. The molecule has 2 N–H and O–H groups in total. The number of rotatable bonds is 4. The minimum absolute atomic E-state index is 0.0229. The Hall–Kier alpha value is -2.21. The second-order valence-corrected chi connectivity index (χ2v) is 8.50. The number of benzene rings is 2. The van der Waals surface area contributed by atoms with Crippen molar-refractivity contribution >= 4 is 29.2 Å². The molecule has 0 spiro atoms. The highest BCUT2D eigenvalue weighted by Crippen LogP contribution is 2.45. The number of carbonyl (C=O) groups excluding carboxylic acids is 1. The molecule has 27 heavy (non-hydrogen) atoms. The zero-order valence-corrected chi connectivity index (χ0v) is 17.2. The third kappa shape index (κ3) is 4.05. The van der Waals surface area contributed by atoms with Crippen LogP contribution in [0.3, 0.4) is 0 Å². The first-order valence-electron chi connectivity index (χ1n) is 8.92. The van der Waals surface area contributed by atoms with Crippen molar-refractivity contribution in [2.24, 2.45) is 5.41 Å². The largest absolute Gasteiger partial charge is 0.378 e. The van der Waals surface area contributed by atoms with Gasteiger partial charge in [-0.15, -0.1) is 0 Å². The fourth-order valence-electron chi connectivity index (χ4n) is 3.67. The van der Waals surface area contributed by atoms with Gasteiger partial charge in [-0.2, -0.15) is 0 Å². The maximum Gasteiger partial charge on any atom is 0.261 e. The summed E-state index contributed by atoms with van der Waals surface area (Å²) in [5.41, 5.74) is 4.39. The number of anilines is 2. The van der Waals surface area contributed by atoms with Crippen LogP contribution in [0.5, 0.6) is 0 Å². The van der Waals surface area contributed by atoms with Crippen LogP contribution in [0, 0.1) is 11.2 Å². The minimum Gasteiger partial charge on any atom is -0.378 e. The van der Waals surface area contributed by atoms with Gasteiger partial charge in [0.1, 0.15) is 5.82 Å². The van der Waals surface area contributed by atoms with Crippen LogP contribution >= 0.6 is 11.9 Å². The number of nitrogens with zero attached hydrogens (tertiary/aromatic N) is 1. The van der Waals surface area contributed by atoms with E-state index >= 15 is 0 Å². The Kier molecular flexibility index (Phi) is 5.38. The van der Waals surface area contributed by atoms with Crippen LogP contribution in [0.1, 0.15) is 41.4 Å². The highest BCUT2D eigenvalue weighted by Gasteiger charge is 2.36. The van der Waals surface area contributed by atoms with Crippen molar-refractivity contribution in [3.8, 4) is 0 Å². The molecule has 6 heteroatoms. The van der Waals surface area contributed by atoms with Crippen molar-refractivity contribution in [1.82, 2.24) is 4.72 Å². The van der Waals surface area contributed by atoms with Gasteiger partial charge in [0.05, 0.1) is 6.04 Å². The molecule has 0 aromatic heterocycles. The molecule has 3 rings (SSSR count). The highest BCUT2D eigenvalue weighted by atomic mass is 32.2. The summed E-state index contributed by atoms with van der Waals surface area (Å²) in [6.07, 6.45) is 2.63. The lowest BCUT2D eigenvalue weighted by Crippen LogP contribution is -2.35. The predicted molar refractivity (Wildman–Crippen MR) is 112 cm³/mol.